The summed E-state index contributed by atoms with van der Waals surface area (Å²) < 4.78 is 8.72. The molecule has 0 unspecified atom stereocenters. The highest BCUT2D eigenvalue weighted by atomic mass is 16.5. The van der Waals surface area contributed by atoms with Crippen LogP contribution in [0.2, 0.25) is 0 Å². The van der Waals surface area contributed by atoms with E-state index in [1.807, 2.05) is 0 Å². The van der Waals surface area contributed by atoms with Gasteiger partial charge in [-0.05, 0) is 0 Å². The van der Waals surface area contributed by atoms with Crippen molar-refractivity contribution in [1.82, 2.24) is 0 Å². The molecule has 0 saturated carbocycles. The van der Waals surface area contributed by atoms with Crippen molar-refractivity contribution >= 4 is 11.9 Å². The number of ether oxygens (including phenoxy) is 2. The molecule has 0 fully saturated rings. The Bertz CT molecular complexity index is 262. The van der Waals surface area contributed by atoms with Crippen molar-refractivity contribution in [1.29, 1.82) is 0 Å². The molecule has 0 heterocycles. The van der Waals surface area contributed by atoms with Gasteiger partial charge in [0.05, 0.1) is 25.0 Å². The molecular formula is C12H16O6. The van der Waals surface area contributed by atoms with Crippen molar-refractivity contribution in [3.8, 4) is 0 Å². The molecule has 6 heteroatoms. The van der Waals surface area contributed by atoms with Crippen molar-refractivity contribution in [2.24, 2.45) is 0 Å². The quantitative estimate of drug-likeness (QED) is 0.559. The van der Waals surface area contributed by atoms with Crippen LogP contribution in [0.4, 0.5) is 0 Å². The average Bonchev–Trinajstić information content (AvgIpc) is 2.30. The zero-order valence-electron chi connectivity index (χ0n) is 9.82. The first-order valence-corrected chi connectivity index (χ1v) is 4.34. The number of hydrogen-bond acceptors (Lipinski definition) is 4. The van der Waals surface area contributed by atoms with Crippen LogP contribution in [0.5, 0.6) is 0 Å². The average molecular weight is 256 g/mol. The number of carboxylic acids is 2. The Balaban J connectivity index is -0.000000197. The Labute approximate surface area is 105 Å². The second kappa shape index (κ2) is 19.8. The van der Waals surface area contributed by atoms with Crippen molar-refractivity contribution in [2.45, 2.75) is 0 Å². The minimum Gasteiger partial charge on any atom is -0.478 e. The summed E-state index contributed by atoms with van der Waals surface area (Å²) in [7, 11) is 0. The van der Waals surface area contributed by atoms with Gasteiger partial charge < -0.3 is 19.7 Å². The summed E-state index contributed by atoms with van der Waals surface area (Å²) in [6, 6.07) is 0. The van der Waals surface area contributed by atoms with Crippen molar-refractivity contribution in [2.75, 3.05) is 0 Å². The van der Waals surface area contributed by atoms with Gasteiger partial charge in [-0.25, -0.2) is 9.59 Å². The fraction of sp³-hybridized carbons (Fsp3) is 0. The summed E-state index contributed by atoms with van der Waals surface area (Å²) in [5.41, 5.74) is 0. The first kappa shape index (κ1) is 20.6. The highest BCUT2D eigenvalue weighted by Crippen LogP contribution is 1.70. The van der Waals surface area contributed by atoms with Crippen molar-refractivity contribution in [3.63, 3.8) is 0 Å². The molecule has 0 spiro atoms. The topological polar surface area (TPSA) is 93.1 Å². The van der Waals surface area contributed by atoms with Crippen LogP contribution in [0.1, 0.15) is 0 Å². The van der Waals surface area contributed by atoms with Gasteiger partial charge in [0.15, 0.2) is 0 Å². The third kappa shape index (κ3) is 50.9. The van der Waals surface area contributed by atoms with E-state index < -0.39 is 11.9 Å². The molecule has 0 rings (SSSR count). The maximum atomic E-state index is 9.55. The van der Waals surface area contributed by atoms with E-state index in [-0.39, 0.29) is 0 Å². The number of rotatable bonds is 6. The predicted octanol–water partition coefficient (Wildman–Crippen LogP) is 2.29. The Kier molecular flexibility index (Phi) is 22.6. The van der Waals surface area contributed by atoms with Gasteiger partial charge in [-0.2, -0.15) is 0 Å². The molecule has 0 aromatic rings. The summed E-state index contributed by atoms with van der Waals surface area (Å²) in [6.07, 6.45) is 6.37. The van der Waals surface area contributed by atoms with Crippen LogP contribution in [-0.4, -0.2) is 22.2 Å². The van der Waals surface area contributed by atoms with E-state index in [1.165, 1.54) is 25.0 Å². The van der Waals surface area contributed by atoms with Gasteiger partial charge >= 0.3 is 11.9 Å². The molecular weight excluding hydrogens is 240 g/mol. The maximum absolute atomic E-state index is 9.55. The van der Waals surface area contributed by atoms with Crippen LogP contribution in [0.3, 0.4) is 0 Å². The molecule has 0 aromatic heterocycles. The highest BCUT2D eigenvalue weighted by molar-refractivity contribution is 5.89. The molecule has 0 aliphatic carbocycles. The predicted molar refractivity (Wildman–Crippen MR) is 67.4 cm³/mol. The van der Waals surface area contributed by atoms with Crippen LogP contribution in [-0.2, 0) is 19.1 Å². The van der Waals surface area contributed by atoms with Gasteiger partial charge in [0, 0.05) is 12.2 Å². The number of carbonyl (C=O) groups is 2. The maximum Gasteiger partial charge on any atom is 0.328 e. The molecule has 0 bridgehead atoms. The second-order valence-corrected chi connectivity index (χ2v) is 1.95. The Hall–Kier alpha value is -2.76. The van der Waals surface area contributed by atoms with Gasteiger partial charge in [0.1, 0.15) is 0 Å². The first-order valence-electron chi connectivity index (χ1n) is 4.34. The lowest BCUT2D eigenvalue weighted by Gasteiger charge is -1.76. The summed E-state index contributed by atoms with van der Waals surface area (Å²) in [6.45, 7) is 13.0. The summed E-state index contributed by atoms with van der Waals surface area (Å²) >= 11 is 0. The van der Waals surface area contributed by atoms with Crippen LogP contribution in [0.25, 0.3) is 0 Å². The van der Waals surface area contributed by atoms with Crippen LogP contribution in [0.15, 0.2) is 63.5 Å². The lowest BCUT2D eigenvalue weighted by molar-refractivity contribution is -0.134. The molecule has 0 aliphatic heterocycles. The Morgan fingerprint density at radius 2 is 0.944 bits per heavy atom. The summed E-state index contributed by atoms with van der Waals surface area (Å²) in [5, 5.41) is 15.6. The van der Waals surface area contributed by atoms with Gasteiger partial charge in [0.25, 0.3) is 0 Å². The third-order valence-corrected chi connectivity index (χ3v) is 0.753. The minimum atomic E-state index is -1.26. The van der Waals surface area contributed by atoms with Gasteiger partial charge in [-0.1, -0.05) is 26.3 Å². The van der Waals surface area contributed by atoms with E-state index in [4.69, 9.17) is 10.2 Å². The molecule has 18 heavy (non-hydrogen) atoms. The molecule has 0 atom stereocenters. The molecule has 100 valence electrons. The van der Waals surface area contributed by atoms with Crippen molar-refractivity contribution < 1.29 is 29.3 Å². The monoisotopic (exact) mass is 256 g/mol. The fourth-order valence-corrected chi connectivity index (χ4v) is 0.279. The summed E-state index contributed by atoms with van der Waals surface area (Å²) in [5.74, 6) is -2.51. The van der Waals surface area contributed by atoms with E-state index in [9.17, 15) is 9.59 Å². The molecule has 0 radical (unpaired) electrons. The molecule has 6 nitrogen and oxygen atoms in total. The van der Waals surface area contributed by atoms with Gasteiger partial charge in [-0.3, -0.25) is 0 Å². The SMILES string of the molecule is C=COC=C.C=COC=C.O=C(O)/C=C/C(=O)O. The van der Waals surface area contributed by atoms with Crippen LogP contribution in [0, 0.1) is 0 Å². The fourth-order valence-electron chi connectivity index (χ4n) is 0.279. The van der Waals surface area contributed by atoms with E-state index in [0.29, 0.717) is 12.2 Å². The van der Waals surface area contributed by atoms with E-state index in [0.717, 1.165) is 0 Å². The zero-order chi connectivity index (χ0) is 14.8. The van der Waals surface area contributed by atoms with E-state index >= 15 is 0 Å². The van der Waals surface area contributed by atoms with Crippen LogP contribution >= 0.6 is 0 Å². The van der Waals surface area contributed by atoms with Gasteiger partial charge in [-0.15, -0.1) is 0 Å². The second-order valence-electron chi connectivity index (χ2n) is 1.95. The number of carboxylic acid groups (broad SMARTS) is 2. The number of aliphatic carboxylic acids is 2. The van der Waals surface area contributed by atoms with Crippen molar-refractivity contribution in [3.05, 3.63) is 63.5 Å². The molecule has 0 aliphatic rings. The third-order valence-electron chi connectivity index (χ3n) is 0.753. The highest BCUT2D eigenvalue weighted by Gasteiger charge is 1.88. The van der Waals surface area contributed by atoms with Crippen LogP contribution < -0.4 is 0 Å². The zero-order valence-corrected chi connectivity index (χ0v) is 9.82. The molecule has 2 N–H and O–H groups in total. The smallest absolute Gasteiger partial charge is 0.328 e. The normalized spacial score (nSPS) is 7.33. The first-order chi connectivity index (χ1) is 8.45. The van der Waals surface area contributed by atoms with E-state index in [1.54, 1.807) is 0 Å². The minimum absolute atomic E-state index is 0.558. The lowest BCUT2D eigenvalue weighted by atomic mass is 10.5. The molecule has 0 amide bonds. The van der Waals surface area contributed by atoms with Gasteiger partial charge in [0.2, 0.25) is 0 Å². The Morgan fingerprint density at radius 1 is 0.722 bits per heavy atom. The standard InChI is InChI=1S/C4H4O4.2C4H6O/c5-3(6)1-2-4(7)8;2*1-3-5-4-2/h1-2H,(H,5,6)(H,7,8);2*3-4H,1-2H2/b2-1+;;. The largest absolute Gasteiger partial charge is 0.478 e. The number of hydrogen-bond donors (Lipinski definition) is 2. The summed E-state index contributed by atoms with van der Waals surface area (Å²) in [4.78, 5) is 19.1. The Morgan fingerprint density at radius 3 is 1.00 bits per heavy atom. The molecule has 0 saturated heterocycles. The lowest BCUT2D eigenvalue weighted by Crippen LogP contribution is -1.91. The molecule has 0 aromatic carbocycles. The van der Waals surface area contributed by atoms with E-state index in [2.05, 4.69) is 35.8 Å².